The van der Waals surface area contributed by atoms with E-state index in [1.807, 2.05) is 14.1 Å². The van der Waals surface area contributed by atoms with Gasteiger partial charge in [0, 0.05) is 30.8 Å². The van der Waals surface area contributed by atoms with Crippen LogP contribution in [0.5, 0.6) is 0 Å². The maximum Gasteiger partial charge on any atom is 0.292 e. The zero-order valence-electron chi connectivity index (χ0n) is 12.4. The molecule has 1 aliphatic heterocycles. The molecule has 2 atom stereocenters. The quantitative estimate of drug-likeness (QED) is 0.513. The Hall–Kier alpha value is -2.15. The van der Waals surface area contributed by atoms with Crippen molar-refractivity contribution in [3.05, 3.63) is 33.9 Å². The molecule has 1 heterocycles. The van der Waals surface area contributed by atoms with Crippen LogP contribution in [0.25, 0.3) is 0 Å². The van der Waals surface area contributed by atoms with Gasteiger partial charge in [0.05, 0.1) is 4.92 Å². The smallest absolute Gasteiger partial charge is 0.292 e. The molecule has 1 amide bonds. The standard InChI is InChI=1S/C14H20N4O3/c1-9-7-17(8-13(9)16(2)3)14(19)10-4-5-11(15)12(6-10)18(20)21/h4-6,9,13H,7-8,15H2,1-3H3. The van der Waals surface area contributed by atoms with Crippen LogP contribution < -0.4 is 5.73 Å². The Morgan fingerprint density at radius 3 is 2.62 bits per heavy atom. The summed E-state index contributed by atoms with van der Waals surface area (Å²) in [6.45, 7) is 3.38. The zero-order chi connectivity index (χ0) is 15.7. The predicted molar refractivity (Wildman–Crippen MR) is 80.1 cm³/mol. The third-order valence-corrected chi connectivity index (χ3v) is 4.00. The highest BCUT2D eigenvalue weighted by Gasteiger charge is 2.34. The van der Waals surface area contributed by atoms with Crippen molar-refractivity contribution in [2.45, 2.75) is 13.0 Å². The van der Waals surface area contributed by atoms with Crippen molar-refractivity contribution in [1.29, 1.82) is 0 Å². The van der Waals surface area contributed by atoms with Crippen LogP contribution in [0.3, 0.4) is 0 Å². The van der Waals surface area contributed by atoms with Crippen LogP contribution in [-0.2, 0) is 0 Å². The zero-order valence-corrected chi connectivity index (χ0v) is 12.4. The summed E-state index contributed by atoms with van der Waals surface area (Å²) in [5, 5.41) is 10.9. The first-order valence-corrected chi connectivity index (χ1v) is 6.81. The molecule has 7 nitrogen and oxygen atoms in total. The van der Waals surface area contributed by atoms with E-state index in [1.54, 1.807) is 11.0 Å². The average Bonchev–Trinajstić information content (AvgIpc) is 2.80. The van der Waals surface area contributed by atoms with E-state index in [0.29, 0.717) is 30.6 Å². The Morgan fingerprint density at radius 1 is 1.43 bits per heavy atom. The number of carbonyl (C=O) groups excluding carboxylic acids is 1. The Kier molecular flexibility index (Phi) is 4.13. The number of hydrogen-bond acceptors (Lipinski definition) is 5. The molecule has 1 aromatic rings. The molecule has 2 unspecified atom stereocenters. The summed E-state index contributed by atoms with van der Waals surface area (Å²) in [6.07, 6.45) is 0. The third kappa shape index (κ3) is 2.97. The molecule has 0 spiro atoms. The molecule has 0 saturated carbocycles. The maximum absolute atomic E-state index is 12.5. The molecular formula is C14H20N4O3. The van der Waals surface area contributed by atoms with Gasteiger partial charge in [-0.25, -0.2) is 0 Å². The number of nitrogens with zero attached hydrogens (tertiary/aromatic N) is 3. The lowest BCUT2D eigenvalue weighted by Crippen LogP contribution is -2.35. The lowest BCUT2D eigenvalue weighted by Gasteiger charge is -2.22. The van der Waals surface area contributed by atoms with Gasteiger partial charge >= 0.3 is 0 Å². The van der Waals surface area contributed by atoms with Crippen molar-refractivity contribution in [2.24, 2.45) is 5.92 Å². The highest BCUT2D eigenvalue weighted by Crippen LogP contribution is 2.26. The number of nitrogen functional groups attached to an aromatic ring is 1. The lowest BCUT2D eigenvalue weighted by molar-refractivity contribution is -0.383. The van der Waals surface area contributed by atoms with E-state index in [0.717, 1.165) is 0 Å². The molecule has 1 aliphatic rings. The van der Waals surface area contributed by atoms with Crippen LogP contribution in [0.15, 0.2) is 18.2 Å². The molecule has 1 saturated heterocycles. The Bertz CT molecular complexity index is 573. The third-order valence-electron chi connectivity index (χ3n) is 4.00. The van der Waals surface area contributed by atoms with Gasteiger partial charge in [0.2, 0.25) is 0 Å². The fourth-order valence-electron chi connectivity index (χ4n) is 2.81. The van der Waals surface area contributed by atoms with Crippen LogP contribution in [0.4, 0.5) is 11.4 Å². The van der Waals surface area contributed by atoms with Crippen molar-refractivity contribution >= 4 is 17.3 Å². The van der Waals surface area contributed by atoms with Gasteiger partial charge in [-0.3, -0.25) is 14.9 Å². The molecule has 7 heteroatoms. The molecule has 21 heavy (non-hydrogen) atoms. The fraction of sp³-hybridized carbons (Fsp3) is 0.500. The first kappa shape index (κ1) is 15.2. The van der Waals surface area contributed by atoms with Gasteiger partial charge < -0.3 is 15.5 Å². The number of nitro benzene ring substituents is 1. The number of rotatable bonds is 3. The van der Waals surface area contributed by atoms with Crippen LogP contribution in [0, 0.1) is 16.0 Å². The van der Waals surface area contributed by atoms with Crippen LogP contribution in [0.2, 0.25) is 0 Å². The molecular weight excluding hydrogens is 272 g/mol. The van der Waals surface area contributed by atoms with E-state index >= 15 is 0 Å². The number of likely N-dealkylation sites (N-methyl/N-ethyl adjacent to an activating group) is 1. The van der Waals surface area contributed by atoms with Gasteiger partial charge in [-0.15, -0.1) is 0 Å². The number of anilines is 1. The molecule has 0 radical (unpaired) electrons. The molecule has 0 aliphatic carbocycles. The second-order valence-electron chi connectivity index (χ2n) is 5.75. The SMILES string of the molecule is CC1CN(C(=O)c2ccc(N)c([N+](=O)[O-])c2)CC1N(C)C. The molecule has 0 bridgehead atoms. The molecule has 1 fully saturated rings. The summed E-state index contributed by atoms with van der Waals surface area (Å²) in [4.78, 5) is 26.7. The Morgan fingerprint density at radius 2 is 2.10 bits per heavy atom. The maximum atomic E-state index is 12.5. The molecule has 2 N–H and O–H groups in total. The van der Waals surface area contributed by atoms with Gasteiger partial charge in [0.25, 0.3) is 11.6 Å². The van der Waals surface area contributed by atoms with Gasteiger partial charge in [0.15, 0.2) is 0 Å². The summed E-state index contributed by atoms with van der Waals surface area (Å²) in [5.74, 6) is 0.182. The van der Waals surface area contributed by atoms with Gasteiger partial charge in [-0.05, 0) is 32.1 Å². The predicted octanol–water partition coefficient (Wildman–Crippen LogP) is 1.20. The van der Waals surface area contributed by atoms with Crippen molar-refractivity contribution in [2.75, 3.05) is 32.9 Å². The highest BCUT2D eigenvalue weighted by molar-refractivity contribution is 5.95. The number of hydrogen-bond donors (Lipinski definition) is 1. The summed E-state index contributed by atoms with van der Waals surface area (Å²) >= 11 is 0. The van der Waals surface area contributed by atoms with Crippen molar-refractivity contribution in [3.8, 4) is 0 Å². The number of carbonyl (C=O) groups is 1. The lowest BCUT2D eigenvalue weighted by atomic mass is 10.1. The fourth-order valence-corrected chi connectivity index (χ4v) is 2.81. The van der Waals surface area contributed by atoms with Crippen molar-refractivity contribution in [1.82, 2.24) is 9.80 Å². The minimum Gasteiger partial charge on any atom is -0.393 e. The van der Waals surface area contributed by atoms with E-state index in [2.05, 4.69) is 11.8 Å². The second-order valence-corrected chi connectivity index (χ2v) is 5.75. The molecule has 0 aromatic heterocycles. The van der Waals surface area contributed by atoms with E-state index in [9.17, 15) is 14.9 Å². The minimum absolute atomic E-state index is 0.0671. The number of nitro groups is 1. The normalized spacial score (nSPS) is 21.8. The Balaban J connectivity index is 2.22. The topological polar surface area (TPSA) is 92.7 Å². The largest absolute Gasteiger partial charge is 0.393 e. The molecule has 114 valence electrons. The van der Waals surface area contributed by atoms with Crippen molar-refractivity contribution < 1.29 is 9.72 Å². The summed E-state index contributed by atoms with van der Waals surface area (Å²) in [6, 6.07) is 4.51. The van der Waals surface area contributed by atoms with E-state index < -0.39 is 4.92 Å². The minimum atomic E-state index is -0.568. The number of nitrogens with two attached hydrogens (primary N) is 1. The number of benzene rings is 1. The van der Waals surface area contributed by atoms with E-state index in [4.69, 9.17) is 5.73 Å². The van der Waals surface area contributed by atoms with E-state index in [1.165, 1.54) is 12.1 Å². The summed E-state index contributed by atoms with van der Waals surface area (Å²) < 4.78 is 0. The molecule has 2 rings (SSSR count). The van der Waals surface area contributed by atoms with Gasteiger partial charge in [-0.1, -0.05) is 6.92 Å². The van der Waals surface area contributed by atoms with Gasteiger partial charge in [0.1, 0.15) is 5.69 Å². The number of likely N-dealkylation sites (tertiary alicyclic amines) is 1. The van der Waals surface area contributed by atoms with Gasteiger partial charge in [-0.2, -0.15) is 0 Å². The van der Waals surface area contributed by atoms with Crippen LogP contribution in [0.1, 0.15) is 17.3 Å². The van der Waals surface area contributed by atoms with Crippen molar-refractivity contribution in [3.63, 3.8) is 0 Å². The monoisotopic (exact) mass is 292 g/mol. The first-order valence-electron chi connectivity index (χ1n) is 6.81. The second kappa shape index (κ2) is 5.69. The summed E-state index contributed by atoms with van der Waals surface area (Å²) in [5.41, 5.74) is 5.70. The molecule has 1 aromatic carbocycles. The first-order chi connectivity index (χ1) is 9.81. The average molecular weight is 292 g/mol. The number of amides is 1. The Labute approximate surface area is 123 Å². The summed E-state index contributed by atoms with van der Waals surface area (Å²) in [7, 11) is 3.98. The van der Waals surface area contributed by atoms with E-state index in [-0.39, 0.29) is 17.3 Å². The highest BCUT2D eigenvalue weighted by atomic mass is 16.6. The van der Waals surface area contributed by atoms with Crippen LogP contribution in [-0.4, -0.2) is 53.9 Å². The van der Waals surface area contributed by atoms with Crippen LogP contribution >= 0.6 is 0 Å².